The lowest BCUT2D eigenvalue weighted by Crippen LogP contribution is -2.47. The Morgan fingerprint density at radius 2 is 2.14 bits per heavy atom. The van der Waals surface area contributed by atoms with Gasteiger partial charge in [0.25, 0.3) is 0 Å². The van der Waals surface area contributed by atoms with E-state index < -0.39 is 17.9 Å². The van der Waals surface area contributed by atoms with Crippen molar-refractivity contribution in [2.24, 2.45) is 5.41 Å². The number of alkyl halides is 2. The molecule has 2 amide bonds. The summed E-state index contributed by atoms with van der Waals surface area (Å²) in [5.74, 6) is -0.516. The van der Waals surface area contributed by atoms with Crippen LogP contribution < -0.4 is 5.32 Å². The van der Waals surface area contributed by atoms with Crippen LogP contribution in [0.1, 0.15) is 33.6 Å². The van der Waals surface area contributed by atoms with E-state index in [1.54, 1.807) is 23.1 Å². The van der Waals surface area contributed by atoms with Crippen molar-refractivity contribution in [3.05, 3.63) is 18.2 Å². The second kappa shape index (κ2) is 8.32. The van der Waals surface area contributed by atoms with E-state index in [9.17, 15) is 18.4 Å². The van der Waals surface area contributed by atoms with Crippen LogP contribution in [0.25, 0.3) is 10.2 Å². The Morgan fingerprint density at radius 1 is 1.39 bits per heavy atom. The van der Waals surface area contributed by atoms with Crippen LogP contribution in [0.5, 0.6) is 0 Å². The third-order valence-electron chi connectivity index (χ3n) is 4.43. The van der Waals surface area contributed by atoms with Gasteiger partial charge >= 0.3 is 0 Å². The van der Waals surface area contributed by atoms with E-state index >= 15 is 0 Å². The highest BCUT2D eigenvalue weighted by molar-refractivity contribution is 8.01. The number of hydrogen-bond acceptors (Lipinski definition) is 5. The quantitative estimate of drug-likeness (QED) is 0.707. The zero-order chi connectivity index (χ0) is 20.5. The number of benzene rings is 1. The molecule has 1 saturated heterocycles. The third kappa shape index (κ3) is 4.81. The van der Waals surface area contributed by atoms with Gasteiger partial charge in [0.1, 0.15) is 6.04 Å². The SMILES string of the molecule is CC(C)(C)C(=O)N1CCCC1C(=O)Nc1ccc2nc(SCC(F)F)sc2c1. The van der Waals surface area contributed by atoms with E-state index in [1.807, 2.05) is 20.8 Å². The number of nitrogens with zero attached hydrogens (tertiary/aromatic N) is 2. The minimum atomic E-state index is -2.38. The van der Waals surface area contributed by atoms with Gasteiger partial charge < -0.3 is 10.2 Å². The monoisotopic (exact) mass is 427 g/mol. The fraction of sp³-hybridized carbons (Fsp3) is 0.526. The molecule has 5 nitrogen and oxygen atoms in total. The van der Waals surface area contributed by atoms with Crippen LogP contribution in [-0.2, 0) is 9.59 Å². The Hall–Kier alpha value is -1.74. The zero-order valence-electron chi connectivity index (χ0n) is 16.0. The minimum absolute atomic E-state index is 0.0243. The molecule has 1 aliphatic heterocycles. The van der Waals surface area contributed by atoms with E-state index in [0.29, 0.717) is 28.5 Å². The van der Waals surface area contributed by atoms with E-state index in [1.165, 1.54) is 11.3 Å². The summed E-state index contributed by atoms with van der Waals surface area (Å²) < 4.78 is 26.2. The lowest BCUT2D eigenvalue weighted by molar-refractivity contribution is -0.143. The zero-order valence-corrected chi connectivity index (χ0v) is 17.6. The summed E-state index contributed by atoms with van der Waals surface area (Å²) in [6.07, 6.45) is -0.930. The van der Waals surface area contributed by atoms with Crippen LogP contribution in [0.15, 0.2) is 22.5 Å². The maximum Gasteiger partial charge on any atom is 0.248 e. The number of halogens is 2. The first-order valence-corrected chi connectivity index (χ1v) is 10.9. The normalized spacial score (nSPS) is 17.5. The lowest BCUT2D eigenvalue weighted by atomic mass is 9.94. The number of amides is 2. The number of hydrogen-bond donors (Lipinski definition) is 1. The van der Waals surface area contributed by atoms with Gasteiger partial charge in [-0.25, -0.2) is 13.8 Å². The Labute approximate surface area is 170 Å². The number of thiazole rings is 1. The van der Waals surface area contributed by atoms with Gasteiger partial charge in [0.05, 0.1) is 16.0 Å². The number of rotatable bonds is 5. The lowest BCUT2D eigenvalue weighted by Gasteiger charge is -2.30. The van der Waals surface area contributed by atoms with E-state index in [-0.39, 0.29) is 17.6 Å². The minimum Gasteiger partial charge on any atom is -0.330 e. The Morgan fingerprint density at radius 3 is 2.82 bits per heavy atom. The molecule has 152 valence electrons. The van der Waals surface area contributed by atoms with Gasteiger partial charge in [-0.2, -0.15) is 0 Å². The highest BCUT2D eigenvalue weighted by atomic mass is 32.2. The van der Waals surface area contributed by atoms with Crippen LogP contribution in [-0.4, -0.2) is 46.5 Å². The summed E-state index contributed by atoms with van der Waals surface area (Å²) in [6, 6.07) is 4.83. The molecule has 1 fully saturated rings. The predicted octanol–water partition coefficient (Wildman–Crippen LogP) is 4.63. The number of carbonyl (C=O) groups excluding carboxylic acids is 2. The van der Waals surface area contributed by atoms with E-state index in [4.69, 9.17) is 0 Å². The average Bonchev–Trinajstić information content (AvgIpc) is 3.24. The Balaban J connectivity index is 1.71. The number of thioether (sulfide) groups is 1. The van der Waals surface area contributed by atoms with Gasteiger partial charge in [0.2, 0.25) is 18.2 Å². The predicted molar refractivity (Wildman–Crippen MR) is 109 cm³/mol. The van der Waals surface area contributed by atoms with Crippen molar-refractivity contribution < 1.29 is 18.4 Å². The van der Waals surface area contributed by atoms with Gasteiger partial charge in [-0.3, -0.25) is 9.59 Å². The molecule has 0 saturated carbocycles. The molecule has 1 aliphatic rings. The first-order valence-electron chi connectivity index (χ1n) is 9.08. The summed E-state index contributed by atoms with van der Waals surface area (Å²) in [7, 11) is 0. The molecule has 0 aliphatic carbocycles. The van der Waals surface area contributed by atoms with Crippen LogP contribution in [0.4, 0.5) is 14.5 Å². The molecule has 1 N–H and O–H groups in total. The van der Waals surface area contributed by atoms with Crippen molar-refractivity contribution in [1.29, 1.82) is 0 Å². The molecule has 1 aromatic carbocycles. The van der Waals surface area contributed by atoms with E-state index in [2.05, 4.69) is 10.3 Å². The second-order valence-electron chi connectivity index (χ2n) is 7.76. The molecule has 2 heterocycles. The number of aromatic nitrogens is 1. The van der Waals surface area contributed by atoms with Crippen LogP contribution in [0.3, 0.4) is 0 Å². The van der Waals surface area contributed by atoms with Gasteiger partial charge in [-0.15, -0.1) is 11.3 Å². The van der Waals surface area contributed by atoms with Crippen molar-refractivity contribution in [2.75, 3.05) is 17.6 Å². The maximum atomic E-state index is 12.8. The molecule has 3 rings (SSSR count). The van der Waals surface area contributed by atoms with E-state index in [0.717, 1.165) is 22.9 Å². The fourth-order valence-corrected chi connectivity index (χ4v) is 4.99. The Kier molecular flexibility index (Phi) is 6.24. The third-order valence-corrected chi connectivity index (χ3v) is 6.60. The largest absolute Gasteiger partial charge is 0.330 e. The molecule has 9 heteroatoms. The summed E-state index contributed by atoms with van der Waals surface area (Å²) in [5, 5.41) is 2.89. The molecule has 1 aromatic heterocycles. The van der Waals surface area contributed by atoms with Crippen molar-refractivity contribution >= 4 is 50.8 Å². The summed E-state index contributed by atoms with van der Waals surface area (Å²) in [4.78, 5) is 31.4. The standard InChI is InChI=1S/C19H23F2N3O2S2/c1-19(2,3)17(26)24-8-4-5-13(24)16(25)22-11-6-7-12-14(9-11)28-18(23-12)27-10-15(20)21/h6-7,9,13,15H,4-5,8,10H2,1-3H3,(H,22,25). The topological polar surface area (TPSA) is 62.3 Å². The molecule has 0 radical (unpaired) electrons. The summed E-state index contributed by atoms with van der Waals surface area (Å²) >= 11 is 2.35. The first kappa shape index (κ1) is 21.0. The molecule has 1 atom stereocenters. The fourth-order valence-electron chi connectivity index (χ4n) is 3.12. The summed E-state index contributed by atoms with van der Waals surface area (Å²) in [6.45, 7) is 6.14. The van der Waals surface area contributed by atoms with Crippen molar-refractivity contribution in [1.82, 2.24) is 9.88 Å². The number of nitrogens with one attached hydrogen (secondary N) is 1. The second-order valence-corrected chi connectivity index (χ2v) is 10.1. The molecule has 2 aromatic rings. The number of fused-ring (bicyclic) bond motifs is 1. The molecule has 1 unspecified atom stereocenters. The summed E-state index contributed by atoms with van der Waals surface area (Å²) in [5.41, 5.74) is 0.795. The van der Waals surface area contributed by atoms with Gasteiger partial charge in [-0.05, 0) is 31.0 Å². The molecular weight excluding hydrogens is 404 g/mol. The smallest absolute Gasteiger partial charge is 0.248 e. The van der Waals surface area contributed by atoms with Crippen LogP contribution in [0, 0.1) is 5.41 Å². The van der Waals surface area contributed by atoms with Crippen molar-refractivity contribution in [3.63, 3.8) is 0 Å². The van der Waals surface area contributed by atoms with Crippen LogP contribution >= 0.6 is 23.1 Å². The van der Waals surface area contributed by atoms with Gasteiger partial charge in [0, 0.05) is 17.6 Å². The number of likely N-dealkylation sites (tertiary alicyclic amines) is 1. The van der Waals surface area contributed by atoms with Crippen LogP contribution in [0.2, 0.25) is 0 Å². The maximum absolute atomic E-state index is 12.8. The molecule has 28 heavy (non-hydrogen) atoms. The average molecular weight is 428 g/mol. The molecule has 0 bridgehead atoms. The Bertz CT molecular complexity index is 880. The molecular formula is C19H23F2N3O2S2. The highest BCUT2D eigenvalue weighted by Crippen LogP contribution is 2.32. The van der Waals surface area contributed by atoms with Gasteiger partial charge in [0.15, 0.2) is 4.34 Å². The van der Waals surface area contributed by atoms with Crippen molar-refractivity contribution in [3.8, 4) is 0 Å². The van der Waals surface area contributed by atoms with Gasteiger partial charge in [-0.1, -0.05) is 32.5 Å². The molecule has 0 spiro atoms. The van der Waals surface area contributed by atoms with Crippen molar-refractivity contribution in [2.45, 2.75) is 50.4 Å². The number of carbonyl (C=O) groups is 2. The number of anilines is 1. The first-order chi connectivity index (χ1) is 13.1. The highest BCUT2D eigenvalue weighted by Gasteiger charge is 2.38.